The molecule has 2 nitrogen and oxygen atoms in total. The van der Waals surface area contributed by atoms with Crippen molar-refractivity contribution in [3.8, 4) is 0 Å². The van der Waals surface area contributed by atoms with E-state index in [-0.39, 0.29) is 11.6 Å². The van der Waals surface area contributed by atoms with Crippen LogP contribution in [0.3, 0.4) is 0 Å². The number of hydrogen-bond acceptors (Lipinski definition) is 0. The molecule has 0 aliphatic carbocycles. The normalized spacial score (nSPS) is 12.3. The summed E-state index contributed by atoms with van der Waals surface area (Å²) < 4.78 is 32.0. The Morgan fingerprint density at radius 2 is 0.857 bits per heavy atom. The van der Waals surface area contributed by atoms with Crippen LogP contribution in [0.4, 0.5) is 8.78 Å². The van der Waals surface area contributed by atoms with Gasteiger partial charge in [-0.1, -0.05) is 24.3 Å². The lowest BCUT2D eigenvalue weighted by molar-refractivity contribution is 0.629. The van der Waals surface area contributed by atoms with Gasteiger partial charge in [0.15, 0.2) is 0 Å². The van der Waals surface area contributed by atoms with Crippen molar-refractivity contribution in [2.75, 3.05) is 0 Å². The number of aryl methyl sites for hydroxylation is 2. The first kappa shape index (κ1) is 15.6. The predicted octanol–water partition coefficient (Wildman–Crippen LogP) is 6.41. The maximum Gasteiger partial charge on any atom is 0.123 e. The molecule has 4 heteroatoms. The monoisotopic (exact) mass is 370 g/mol. The molecule has 0 radical (unpaired) electrons. The fraction of sp³-hybridized carbons (Fsp3) is 0.0833. The number of nitrogens with zero attached hydrogens (tertiary/aromatic N) is 2. The Morgan fingerprint density at radius 3 is 1.25 bits per heavy atom. The van der Waals surface area contributed by atoms with Crippen LogP contribution < -0.4 is 0 Å². The van der Waals surface area contributed by atoms with E-state index in [1.807, 2.05) is 26.2 Å². The Kier molecular flexibility index (Phi) is 2.85. The van der Waals surface area contributed by atoms with Crippen molar-refractivity contribution in [3.05, 3.63) is 72.3 Å². The summed E-state index contributed by atoms with van der Waals surface area (Å²) in [7, 11) is 4.03. The van der Waals surface area contributed by atoms with Crippen LogP contribution in [0.5, 0.6) is 0 Å². The third kappa shape index (κ3) is 1.80. The SMILES string of the molecule is Cn1c2ccc(F)cc2c2ccc3c(ccc4c5cc(F)ccc5n(C)c43)c21. The van der Waals surface area contributed by atoms with Gasteiger partial charge in [-0.05, 0) is 36.4 Å². The molecule has 0 bridgehead atoms. The molecule has 2 aromatic heterocycles. The molecule has 136 valence electrons. The average molecular weight is 370 g/mol. The molecule has 0 fully saturated rings. The Morgan fingerprint density at radius 1 is 0.500 bits per heavy atom. The van der Waals surface area contributed by atoms with Gasteiger partial charge in [-0.15, -0.1) is 0 Å². The molecule has 0 amide bonds. The third-order valence-corrected chi connectivity index (χ3v) is 6.04. The minimum Gasteiger partial charge on any atom is -0.343 e. The van der Waals surface area contributed by atoms with E-state index in [9.17, 15) is 8.78 Å². The van der Waals surface area contributed by atoms with Crippen LogP contribution in [-0.2, 0) is 14.1 Å². The Labute approximate surface area is 159 Å². The topological polar surface area (TPSA) is 9.86 Å². The van der Waals surface area contributed by atoms with Gasteiger partial charge in [-0.3, -0.25) is 0 Å². The van der Waals surface area contributed by atoms with E-state index in [0.29, 0.717) is 0 Å². The molecular formula is C24H16F2N2. The lowest BCUT2D eigenvalue weighted by Gasteiger charge is -2.07. The zero-order valence-corrected chi connectivity index (χ0v) is 15.4. The molecule has 0 spiro atoms. The van der Waals surface area contributed by atoms with Gasteiger partial charge in [0.2, 0.25) is 0 Å². The Balaban J connectivity index is 1.87. The van der Waals surface area contributed by atoms with Crippen molar-refractivity contribution in [1.82, 2.24) is 9.13 Å². The predicted molar refractivity (Wildman–Crippen MR) is 112 cm³/mol. The minimum atomic E-state index is -0.230. The molecule has 0 unspecified atom stereocenters. The molecule has 0 aliphatic rings. The Bertz CT molecular complexity index is 1480. The second-order valence-corrected chi connectivity index (χ2v) is 7.46. The van der Waals surface area contributed by atoms with Crippen LogP contribution in [0.25, 0.3) is 54.4 Å². The second kappa shape index (κ2) is 5.10. The molecule has 0 atom stereocenters. The summed E-state index contributed by atoms with van der Waals surface area (Å²) in [5.41, 5.74) is 4.17. The van der Waals surface area contributed by atoms with Gasteiger partial charge >= 0.3 is 0 Å². The largest absolute Gasteiger partial charge is 0.343 e. The van der Waals surface area contributed by atoms with E-state index in [0.717, 1.165) is 54.4 Å². The van der Waals surface area contributed by atoms with Gasteiger partial charge in [0.1, 0.15) is 11.6 Å². The lowest BCUT2D eigenvalue weighted by Crippen LogP contribution is -1.91. The van der Waals surface area contributed by atoms with E-state index in [1.165, 1.54) is 12.1 Å². The molecule has 0 saturated heterocycles. The van der Waals surface area contributed by atoms with E-state index < -0.39 is 0 Å². The average Bonchev–Trinajstić information content (AvgIpc) is 3.14. The van der Waals surface area contributed by atoms with Crippen LogP contribution >= 0.6 is 0 Å². The highest BCUT2D eigenvalue weighted by molar-refractivity contribution is 6.25. The highest BCUT2D eigenvalue weighted by atomic mass is 19.1. The zero-order valence-electron chi connectivity index (χ0n) is 15.4. The van der Waals surface area contributed by atoms with Gasteiger partial charge in [0, 0.05) is 57.4 Å². The third-order valence-electron chi connectivity index (χ3n) is 6.04. The molecular weight excluding hydrogens is 354 g/mol. The fourth-order valence-corrected chi connectivity index (χ4v) is 4.81. The number of hydrogen-bond donors (Lipinski definition) is 0. The number of aromatic nitrogens is 2. The van der Waals surface area contributed by atoms with Gasteiger partial charge < -0.3 is 9.13 Å². The highest BCUT2D eigenvalue weighted by Gasteiger charge is 2.16. The molecule has 0 N–H and O–H groups in total. The number of fused-ring (bicyclic) bond motifs is 9. The summed E-state index contributed by atoms with van der Waals surface area (Å²) in [5.74, 6) is -0.461. The van der Waals surface area contributed by atoms with Gasteiger partial charge in [-0.25, -0.2) is 8.78 Å². The smallest absolute Gasteiger partial charge is 0.123 e. The number of benzene rings is 4. The number of rotatable bonds is 0. The molecule has 2 heterocycles. The van der Waals surface area contributed by atoms with E-state index in [1.54, 1.807) is 12.1 Å². The van der Waals surface area contributed by atoms with Crippen LogP contribution in [-0.4, -0.2) is 9.13 Å². The summed E-state index contributed by atoms with van der Waals surface area (Å²) in [5, 5.41) is 6.12. The van der Waals surface area contributed by atoms with Gasteiger partial charge in [0.25, 0.3) is 0 Å². The quantitative estimate of drug-likeness (QED) is 0.292. The van der Waals surface area contributed by atoms with Crippen molar-refractivity contribution in [3.63, 3.8) is 0 Å². The first-order valence-electron chi connectivity index (χ1n) is 9.21. The van der Waals surface area contributed by atoms with Crippen LogP contribution in [0.2, 0.25) is 0 Å². The maximum atomic E-state index is 13.9. The molecule has 28 heavy (non-hydrogen) atoms. The molecule has 6 aromatic rings. The number of halogens is 2. The van der Waals surface area contributed by atoms with Crippen molar-refractivity contribution in [2.45, 2.75) is 0 Å². The van der Waals surface area contributed by atoms with Gasteiger partial charge in [-0.2, -0.15) is 0 Å². The van der Waals surface area contributed by atoms with Crippen molar-refractivity contribution in [1.29, 1.82) is 0 Å². The highest BCUT2D eigenvalue weighted by Crippen LogP contribution is 2.39. The lowest BCUT2D eigenvalue weighted by atomic mass is 10.0. The molecule has 6 rings (SSSR count). The summed E-state index contributed by atoms with van der Waals surface area (Å²) >= 11 is 0. The van der Waals surface area contributed by atoms with E-state index in [2.05, 4.69) is 33.4 Å². The first-order valence-corrected chi connectivity index (χ1v) is 9.21. The van der Waals surface area contributed by atoms with E-state index >= 15 is 0 Å². The molecule has 4 aromatic carbocycles. The van der Waals surface area contributed by atoms with Gasteiger partial charge in [0.05, 0.1) is 11.0 Å². The van der Waals surface area contributed by atoms with Crippen LogP contribution in [0.1, 0.15) is 0 Å². The minimum absolute atomic E-state index is 0.230. The Hall–Kier alpha value is -3.40. The second-order valence-electron chi connectivity index (χ2n) is 7.46. The summed E-state index contributed by atoms with van der Waals surface area (Å²) in [4.78, 5) is 0. The maximum absolute atomic E-state index is 13.9. The fourth-order valence-electron chi connectivity index (χ4n) is 4.81. The molecule has 0 saturated carbocycles. The molecule has 0 aliphatic heterocycles. The van der Waals surface area contributed by atoms with Crippen molar-refractivity contribution >= 4 is 54.4 Å². The summed E-state index contributed by atoms with van der Waals surface area (Å²) in [6, 6.07) is 18.2. The van der Waals surface area contributed by atoms with Crippen LogP contribution in [0, 0.1) is 11.6 Å². The van der Waals surface area contributed by atoms with E-state index in [4.69, 9.17) is 0 Å². The standard InChI is InChI=1S/C24H16F2N2/c1-27-21-9-3-13(25)11-19(21)17-7-6-16-15(23(17)27)5-8-18-20-12-14(26)4-10-22(20)28(2)24(16)18/h3-12H,1-2H3. The first-order chi connectivity index (χ1) is 13.5. The summed E-state index contributed by atoms with van der Waals surface area (Å²) in [6.45, 7) is 0. The van der Waals surface area contributed by atoms with Crippen molar-refractivity contribution < 1.29 is 8.78 Å². The summed E-state index contributed by atoms with van der Waals surface area (Å²) in [6.07, 6.45) is 0. The van der Waals surface area contributed by atoms with Crippen LogP contribution in [0.15, 0.2) is 60.7 Å². The zero-order chi connectivity index (χ0) is 19.2. The van der Waals surface area contributed by atoms with Crippen molar-refractivity contribution in [2.24, 2.45) is 14.1 Å².